The number of ether oxygens (including phenoxy) is 1. The van der Waals surface area contributed by atoms with Crippen molar-refractivity contribution < 1.29 is 29.3 Å². The number of benzene rings is 2. The van der Waals surface area contributed by atoms with Crippen molar-refractivity contribution in [2.75, 3.05) is 18.1 Å². The molecule has 3 rings (SSSR count). The van der Waals surface area contributed by atoms with E-state index in [9.17, 15) is 24.6 Å². The fourth-order valence-corrected chi connectivity index (χ4v) is 3.25. The molecule has 1 aliphatic heterocycles. The third-order valence-electron chi connectivity index (χ3n) is 4.68. The van der Waals surface area contributed by atoms with Crippen LogP contribution in [0.25, 0.3) is 0 Å². The van der Waals surface area contributed by atoms with Gasteiger partial charge in [-0.05, 0) is 30.5 Å². The van der Waals surface area contributed by atoms with Crippen molar-refractivity contribution in [3.8, 4) is 5.75 Å². The third-order valence-corrected chi connectivity index (χ3v) is 4.68. The smallest absolute Gasteiger partial charge is 0.323 e. The lowest BCUT2D eigenvalue weighted by atomic mass is 10.0. The van der Waals surface area contributed by atoms with Gasteiger partial charge >= 0.3 is 11.9 Å². The summed E-state index contributed by atoms with van der Waals surface area (Å²) in [5.41, 5.74) is 1.34. The Balaban J connectivity index is 1.77. The van der Waals surface area contributed by atoms with Crippen LogP contribution in [0.15, 0.2) is 54.6 Å². The van der Waals surface area contributed by atoms with Crippen LogP contribution in [0.3, 0.4) is 0 Å². The largest absolute Gasteiger partial charge is 0.489 e. The van der Waals surface area contributed by atoms with E-state index < -0.39 is 36.5 Å². The summed E-state index contributed by atoms with van der Waals surface area (Å²) in [6.07, 6.45) is 0.792. The molecule has 152 valence electrons. The van der Waals surface area contributed by atoms with Gasteiger partial charge in [0.1, 0.15) is 31.0 Å². The van der Waals surface area contributed by atoms with E-state index in [1.54, 1.807) is 24.3 Å². The SMILES string of the molecule is O=C(O)CN1C(=O)C(N[C@@H](CCc2ccccc2)C(=O)O)COc2ccccc21. The Morgan fingerprint density at radius 1 is 1.10 bits per heavy atom. The molecule has 1 aliphatic rings. The van der Waals surface area contributed by atoms with Gasteiger partial charge in [0, 0.05) is 0 Å². The van der Waals surface area contributed by atoms with E-state index in [1.807, 2.05) is 30.3 Å². The molecule has 2 aromatic carbocycles. The van der Waals surface area contributed by atoms with E-state index in [2.05, 4.69) is 5.32 Å². The maximum Gasteiger partial charge on any atom is 0.323 e. The Kier molecular flexibility index (Phi) is 6.46. The minimum Gasteiger partial charge on any atom is -0.489 e. The predicted molar refractivity (Wildman–Crippen MR) is 105 cm³/mol. The van der Waals surface area contributed by atoms with Gasteiger partial charge in [-0.3, -0.25) is 24.6 Å². The number of para-hydroxylation sites is 2. The number of aryl methyl sites for hydroxylation is 1. The minimum atomic E-state index is -1.17. The first-order valence-corrected chi connectivity index (χ1v) is 9.23. The van der Waals surface area contributed by atoms with Crippen LogP contribution in [0.1, 0.15) is 12.0 Å². The molecule has 8 heteroatoms. The number of carbonyl (C=O) groups excluding carboxylic acids is 1. The number of nitrogens with zero attached hydrogens (tertiary/aromatic N) is 1. The second-order valence-electron chi connectivity index (χ2n) is 6.73. The van der Waals surface area contributed by atoms with Crippen LogP contribution in [0.4, 0.5) is 5.69 Å². The van der Waals surface area contributed by atoms with Gasteiger partial charge in [0.25, 0.3) is 0 Å². The highest BCUT2D eigenvalue weighted by atomic mass is 16.5. The molecule has 1 unspecified atom stereocenters. The van der Waals surface area contributed by atoms with E-state index in [0.29, 0.717) is 17.9 Å². The second kappa shape index (κ2) is 9.20. The van der Waals surface area contributed by atoms with Crippen LogP contribution in [-0.4, -0.2) is 53.3 Å². The van der Waals surface area contributed by atoms with E-state index in [0.717, 1.165) is 10.5 Å². The number of hydrogen-bond acceptors (Lipinski definition) is 5. The summed E-state index contributed by atoms with van der Waals surface area (Å²) in [5, 5.41) is 21.7. The molecule has 1 heterocycles. The predicted octanol–water partition coefficient (Wildman–Crippen LogP) is 1.54. The van der Waals surface area contributed by atoms with Gasteiger partial charge in [0.2, 0.25) is 5.91 Å². The Bertz CT molecular complexity index is 886. The van der Waals surface area contributed by atoms with Gasteiger partial charge in [-0.2, -0.15) is 0 Å². The summed E-state index contributed by atoms with van der Waals surface area (Å²) < 4.78 is 5.68. The van der Waals surface area contributed by atoms with Gasteiger partial charge in [0.15, 0.2) is 0 Å². The van der Waals surface area contributed by atoms with Gasteiger partial charge in [0.05, 0.1) is 5.69 Å². The molecular weight excluding hydrogens is 376 g/mol. The first-order valence-electron chi connectivity index (χ1n) is 9.23. The normalized spacial score (nSPS) is 17.0. The first-order chi connectivity index (χ1) is 14.0. The fraction of sp³-hybridized carbons (Fsp3) is 0.286. The van der Waals surface area contributed by atoms with Crippen LogP contribution >= 0.6 is 0 Å². The highest BCUT2D eigenvalue weighted by molar-refractivity contribution is 6.02. The number of nitrogens with one attached hydrogen (secondary N) is 1. The molecule has 3 N–H and O–H groups in total. The first kappa shape index (κ1) is 20.3. The maximum absolute atomic E-state index is 13.0. The number of fused-ring (bicyclic) bond motifs is 1. The molecule has 0 radical (unpaired) electrons. The summed E-state index contributed by atoms with van der Waals surface area (Å²) in [7, 11) is 0. The standard InChI is InChI=1S/C21H22N2O6/c24-19(25)12-23-17-8-4-5-9-18(17)29-13-16(20(23)26)22-15(21(27)28)11-10-14-6-2-1-3-7-14/h1-9,15-16,22H,10-13H2,(H,24,25)(H,27,28)/t15-,16?/m0/s1. The fourth-order valence-electron chi connectivity index (χ4n) is 3.25. The topological polar surface area (TPSA) is 116 Å². The van der Waals surface area contributed by atoms with Gasteiger partial charge in [-0.25, -0.2) is 0 Å². The van der Waals surface area contributed by atoms with E-state index >= 15 is 0 Å². The summed E-state index contributed by atoms with van der Waals surface area (Å²) in [5.74, 6) is -2.42. The zero-order valence-electron chi connectivity index (χ0n) is 15.7. The summed E-state index contributed by atoms with van der Waals surface area (Å²) >= 11 is 0. The zero-order valence-corrected chi connectivity index (χ0v) is 15.7. The van der Waals surface area contributed by atoms with Crippen LogP contribution in [0.2, 0.25) is 0 Å². The molecule has 1 amide bonds. The highest BCUT2D eigenvalue weighted by Crippen LogP contribution is 2.31. The number of rotatable bonds is 8. The minimum absolute atomic E-state index is 0.0961. The van der Waals surface area contributed by atoms with E-state index in [1.165, 1.54) is 0 Å². The molecule has 29 heavy (non-hydrogen) atoms. The van der Waals surface area contributed by atoms with Crippen molar-refractivity contribution in [1.82, 2.24) is 5.32 Å². The molecule has 0 aliphatic carbocycles. The molecule has 0 saturated heterocycles. The number of carbonyl (C=O) groups is 3. The number of anilines is 1. The van der Waals surface area contributed by atoms with Crippen LogP contribution in [-0.2, 0) is 20.8 Å². The van der Waals surface area contributed by atoms with Crippen LogP contribution in [0, 0.1) is 0 Å². The highest BCUT2D eigenvalue weighted by Gasteiger charge is 2.35. The molecule has 0 bridgehead atoms. The van der Waals surface area contributed by atoms with Crippen molar-refractivity contribution >= 4 is 23.5 Å². The quantitative estimate of drug-likeness (QED) is 0.618. The van der Waals surface area contributed by atoms with Gasteiger partial charge in [-0.1, -0.05) is 42.5 Å². The number of amides is 1. The maximum atomic E-state index is 13.0. The number of aliphatic carboxylic acids is 2. The Labute approximate surface area is 167 Å². The van der Waals surface area contributed by atoms with Crippen LogP contribution < -0.4 is 15.0 Å². The van der Waals surface area contributed by atoms with Gasteiger partial charge in [-0.15, -0.1) is 0 Å². The molecule has 0 saturated carbocycles. The zero-order chi connectivity index (χ0) is 20.8. The van der Waals surface area contributed by atoms with Crippen LogP contribution in [0.5, 0.6) is 5.75 Å². The molecular formula is C21H22N2O6. The van der Waals surface area contributed by atoms with E-state index in [-0.39, 0.29) is 13.0 Å². The molecule has 0 spiro atoms. The van der Waals surface area contributed by atoms with Gasteiger partial charge < -0.3 is 14.9 Å². The molecule has 8 nitrogen and oxygen atoms in total. The number of hydrogen-bond donors (Lipinski definition) is 3. The monoisotopic (exact) mass is 398 g/mol. The number of carboxylic acid groups (broad SMARTS) is 2. The van der Waals surface area contributed by atoms with Crippen molar-refractivity contribution in [3.05, 3.63) is 60.2 Å². The third kappa shape index (κ3) is 5.11. The molecule has 0 aromatic heterocycles. The summed E-state index contributed by atoms with van der Waals surface area (Å²) in [4.78, 5) is 37.1. The van der Waals surface area contributed by atoms with E-state index in [4.69, 9.17) is 4.74 Å². The summed E-state index contributed by atoms with van der Waals surface area (Å²) in [6.45, 7) is -0.639. The van der Waals surface area contributed by atoms with Crippen molar-refractivity contribution in [2.24, 2.45) is 0 Å². The Morgan fingerprint density at radius 2 is 1.79 bits per heavy atom. The lowest BCUT2D eigenvalue weighted by molar-refractivity contribution is -0.140. The average Bonchev–Trinajstić information content (AvgIpc) is 2.83. The van der Waals surface area contributed by atoms with Crippen molar-refractivity contribution in [1.29, 1.82) is 0 Å². The van der Waals surface area contributed by atoms with Crippen molar-refractivity contribution in [3.63, 3.8) is 0 Å². The molecule has 2 atom stereocenters. The second-order valence-corrected chi connectivity index (χ2v) is 6.73. The Morgan fingerprint density at radius 3 is 2.48 bits per heavy atom. The molecule has 2 aromatic rings. The average molecular weight is 398 g/mol. The van der Waals surface area contributed by atoms with Crippen molar-refractivity contribution in [2.45, 2.75) is 24.9 Å². The lowest BCUT2D eigenvalue weighted by Gasteiger charge is -2.25. The Hall–Kier alpha value is -3.39. The lowest BCUT2D eigenvalue weighted by Crippen LogP contribution is -2.54. The molecule has 0 fully saturated rings. The summed E-state index contributed by atoms with van der Waals surface area (Å²) in [6, 6.07) is 14.1. The number of carboxylic acids is 2.